The van der Waals surface area contributed by atoms with E-state index in [0.717, 1.165) is 25.7 Å². The van der Waals surface area contributed by atoms with Crippen molar-refractivity contribution < 1.29 is 9.47 Å². The van der Waals surface area contributed by atoms with Crippen molar-refractivity contribution in [3.63, 3.8) is 0 Å². The van der Waals surface area contributed by atoms with Crippen LogP contribution < -0.4 is 5.32 Å². The van der Waals surface area contributed by atoms with Gasteiger partial charge in [0.15, 0.2) is 0 Å². The Bertz CT molecular complexity index is 124. The zero-order valence-corrected chi connectivity index (χ0v) is 8.71. The number of nitrogens with one attached hydrogen (secondary N) is 1. The SMILES string of the molecule is CC(C)OCCOCCC1CNC1. The monoisotopic (exact) mass is 187 g/mol. The van der Waals surface area contributed by atoms with Gasteiger partial charge in [0.05, 0.1) is 19.3 Å². The third kappa shape index (κ3) is 5.24. The van der Waals surface area contributed by atoms with Crippen molar-refractivity contribution in [3.8, 4) is 0 Å². The Kier molecular flexibility index (Phi) is 5.35. The van der Waals surface area contributed by atoms with Crippen LogP contribution in [0.25, 0.3) is 0 Å². The van der Waals surface area contributed by atoms with Crippen molar-refractivity contribution >= 4 is 0 Å². The lowest BCUT2D eigenvalue weighted by Crippen LogP contribution is -2.42. The molecule has 0 atom stereocenters. The van der Waals surface area contributed by atoms with Crippen LogP contribution in [0.1, 0.15) is 20.3 Å². The summed E-state index contributed by atoms with van der Waals surface area (Å²) in [4.78, 5) is 0. The molecule has 3 heteroatoms. The molecule has 0 unspecified atom stereocenters. The minimum atomic E-state index is 0.319. The average Bonchev–Trinajstić information content (AvgIpc) is 1.99. The third-order valence-electron chi connectivity index (χ3n) is 2.22. The van der Waals surface area contributed by atoms with E-state index in [4.69, 9.17) is 9.47 Å². The summed E-state index contributed by atoms with van der Waals surface area (Å²) >= 11 is 0. The highest BCUT2D eigenvalue weighted by Crippen LogP contribution is 2.07. The van der Waals surface area contributed by atoms with Crippen molar-refractivity contribution in [1.29, 1.82) is 0 Å². The van der Waals surface area contributed by atoms with E-state index in [1.165, 1.54) is 19.5 Å². The molecule has 13 heavy (non-hydrogen) atoms. The predicted octanol–water partition coefficient (Wildman–Crippen LogP) is 1.04. The second-order valence-electron chi connectivity index (χ2n) is 3.84. The summed E-state index contributed by atoms with van der Waals surface area (Å²) in [6, 6.07) is 0. The highest BCUT2D eigenvalue weighted by Gasteiger charge is 2.15. The fraction of sp³-hybridized carbons (Fsp3) is 1.00. The van der Waals surface area contributed by atoms with E-state index >= 15 is 0 Å². The third-order valence-corrected chi connectivity index (χ3v) is 2.22. The molecule has 1 aliphatic rings. The summed E-state index contributed by atoms with van der Waals surface area (Å²) in [5.74, 6) is 0.853. The maximum absolute atomic E-state index is 5.44. The lowest BCUT2D eigenvalue weighted by molar-refractivity contribution is 0.0150. The molecule has 3 nitrogen and oxygen atoms in total. The van der Waals surface area contributed by atoms with Gasteiger partial charge in [-0.15, -0.1) is 0 Å². The van der Waals surface area contributed by atoms with E-state index in [2.05, 4.69) is 5.32 Å². The fourth-order valence-corrected chi connectivity index (χ4v) is 1.25. The maximum atomic E-state index is 5.44. The molecule has 0 saturated carbocycles. The minimum absolute atomic E-state index is 0.319. The molecule has 0 aromatic carbocycles. The van der Waals surface area contributed by atoms with Crippen LogP contribution in [0.2, 0.25) is 0 Å². The Balaban J connectivity index is 1.73. The van der Waals surface area contributed by atoms with Gasteiger partial charge in [-0.1, -0.05) is 0 Å². The van der Waals surface area contributed by atoms with Crippen LogP contribution in [-0.4, -0.2) is 39.0 Å². The molecule has 0 radical (unpaired) electrons. The second-order valence-corrected chi connectivity index (χ2v) is 3.84. The molecule has 0 amide bonds. The van der Waals surface area contributed by atoms with Crippen molar-refractivity contribution in [1.82, 2.24) is 5.32 Å². The van der Waals surface area contributed by atoms with Crippen molar-refractivity contribution in [2.24, 2.45) is 5.92 Å². The van der Waals surface area contributed by atoms with Gasteiger partial charge in [-0.05, 0) is 39.3 Å². The molecular weight excluding hydrogens is 166 g/mol. The van der Waals surface area contributed by atoms with Gasteiger partial charge in [0.2, 0.25) is 0 Å². The van der Waals surface area contributed by atoms with E-state index in [0.29, 0.717) is 6.10 Å². The van der Waals surface area contributed by atoms with Crippen LogP contribution in [0.15, 0.2) is 0 Å². The Hall–Kier alpha value is -0.120. The molecule has 1 heterocycles. The van der Waals surface area contributed by atoms with Crippen LogP contribution in [0.5, 0.6) is 0 Å². The molecule has 0 aromatic heterocycles. The van der Waals surface area contributed by atoms with Gasteiger partial charge in [0.1, 0.15) is 0 Å². The van der Waals surface area contributed by atoms with E-state index in [9.17, 15) is 0 Å². The van der Waals surface area contributed by atoms with Crippen LogP contribution >= 0.6 is 0 Å². The van der Waals surface area contributed by atoms with Gasteiger partial charge in [0, 0.05) is 6.61 Å². The summed E-state index contributed by atoms with van der Waals surface area (Å²) in [6.45, 7) is 8.77. The Labute approximate surface area is 80.8 Å². The molecule has 78 valence electrons. The number of hydrogen-bond acceptors (Lipinski definition) is 3. The summed E-state index contributed by atoms with van der Waals surface area (Å²) in [6.07, 6.45) is 1.51. The van der Waals surface area contributed by atoms with Crippen LogP contribution in [0, 0.1) is 5.92 Å². The topological polar surface area (TPSA) is 30.5 Å². The van der Waals surface area contributed by atoms with E-state index in [1.807, 2.05) is 13.8 Å². The largest absolute Gasteiger partial charge is 0.379 e. The molecule has 0 aromatic rings. The Morgan fingerprint density at radius 2 is 2.00 bits per heavy atom. The van der Waals surface area contributed by atoms with Gasteiger partial charge < -0.3 is 14.8 Å². The zero-order valence-electron chi connectivity index (χ0n) is 8.71. The van der Waals surface area contributed by atoms with Gasteiger partial charge >= 0.3 is 0 Å². The van der Waals surface area contributed by atoms with E-state index < -0.39 is 0 Å². The smallest absolute Gasteiger partial charge is 0.0703 e. The number of ether oxygens (including phenoxy) is 2. The number of rotatable bonds is 7. The standard InChI is InChI=1S/C10H21NO2/c1-9(2)13-6-5-12-4-3-10-7-11-8-10/h9-11H,3-8H2,1-2H3. The van der Waals surface area contributed by atoms with Gasteiger partial charge in [-0.2, -0.15) is 0 Å². The molecule has 1 saturated heterocycles. The Morgan fingerprint density at radius 1 is 1.23 bits per heavy atom. The quantitative estimate of drug-likeness (QED) is 0.604. The molecule has 1 rings (SSSR count). The predicted molar refractivity (Wildman–Crippen MR) is 52.9 cm³/mol. The fourth-order valence-electron chi connectivity index (χ4n) is 1.25. The summed E-state index contributed by atoms with van der Waals surface area (Å²) in [7, 11) is 0. The van der Waals surface area contributed by atoms with Gasteiger partial charge in [0.25, 0.3) is 0 Å². The lowest BCUT2D eigenvalue weighted by Gasteiger charge is -2.26. The highest BCUT2D eigenvalue weighted by molar-refractivity contribution is 4.73. The van der Waals surface area contributed by atoms with Crippen LogP contribution in [-0.2, 0) is 9.47 Å². The molecule has 1 aliphatic heterocycles. The minimum Gasteiger partial charge on any atom is -0.379 e. The molecule has 0 bridgehead atoms. The normalized spacial score (nSPS) is 17.8. The average molecular weight is 187 g/mol. The van der Waals surface area contributed by atoms with Crippen LogP contribution in [0.4, 0.5) is 0 Å². The summed E-state index contributed by atoms with van der Waals surface area (Å²) in [5, 5.41) is 3.25. The van der Waals surface area contributed by atoms with E-state index in [-0.39, 0.29) is 0 Å². The number of hydrogen-bond donors (Lipinski definition) is 1. The highest BCUT2D eigenvalue weighted by atomic mass is 16.5. The van der Waals surface area contributed by atoms with Crippen LogP contribution in [0.3, 0.4) is 0 Å². The molecule has 0 aliphatic carbocycles. The Morgan fingerprint density at radius 3 is 2.54 bits per heavy atom. The second kappa shape index (κ2) is 6.35. The van der Waals surface area contributed by atoms with Crippen molar-refractivity contribution in [3.05, 3.63) is 0 Å². The first-order chi connectivity index (χ1) is 6.29. The first-order valence-corrected chi connectivity index (χ1v) is 5.19. The molecule has 1 fully saturated rings. The van der Waals surface area contributed by atoms with Crippen molar-refractivity contribution in [2.75, 3.05) is 32.9 Å². The first kappa shape index (κ1) is 11.0. The zero-order chi connectivity index (χ0) is 9.52. The molecule has 1 N–H and O–H groups in total. The molecular formula is C10H21NO2. The van der Waals surface area contributed by atoms with Gasteiger partial charge in [-0.3, -0.25) is 0 Å². The van der Waals surface area contributed by atoms with Gasteiger partial charge in [-0.25, -0.2) is 0 Å². The van der Waals surface area contributed by atoms with E-state index in [1.54, 1.807) is 0 Å². The van der Waals surface area contributed by atoms with Crippen molar-refractivity contribution in [2.45, 2.75) is 26.4 Å². The maximum Gasteiger partial charge on any atom is 0.0703 e. The summed E-state index contributed by atoms with van der Waals surface area (Å²) < 4.78 is 10.8. The first-order valence-electron chi connectivity index (χ1n) is 5.19. The summed E-state index contributed by atoms with van der Waals surface area (Å²) in [5.41, 5.74) is 0. The lowest BCUT2D eigenvalue weighted by atomic mass is 10.0. The molecule has 0 spiro atoms.